The Balaban J connectivity index is 1.49. The molecule has 1 amide bonds. The number of H-pyrrole nitrogens is 1. The van der Waals surface area contributed by atoms with E-state index in [0.29, 0.717) is 22.4 Å². The molecule has 3 heterocycles. The number of amides is 1. The number of benzene rings is 2. The molecule has 1 aliphatic rings. The maximum atomic E-state index is 13.5. The fourth-order valence-electron chi connectivity index (χ4n) is 4.39. The van der Waals surface area contributed by atoms with Crippen LogP contribution in [0.3, 0.4) is 0 Å². The highest BCUT2D eigenvalue weighted by atomic mass is 16.2. The molecule has 2 aromatic carbocycles. The molecule has 2 aromatic heterocycles. The number of hydrogen-bond donors (Lipinski definition) is 1. The van der Waals surface area contributed by atoms with E-state index in [0.717, 1.165) is 49.3 Å². The van der Waals surface area contributed by atoms with Gasteiger partial charge in [-0.25, -0.2) is 9.97 Å². The van der Waals surface area contributed by atoms with Gasteiger partial charge in [0, 0.05) is 19.2 Å². The van der Waals surface area contributed by atoms with Crippen LogP contribution < -0.4 is 5.56 Å². The van der Waals surface area contributed by atoms with Crippen molar-refractivity contribution >= 4 is 16.8 Å². The third-order valence-corrected chi connectivity index (χ3v) is 6.00. The molecule has 4 aromatic rings. The summed E-state index contributed by atoms with van der Waals surface area (Å²) in [5.41, 5.74) is 2.93. The average molecular weight is 428 g/mol. The smallest absolute Gasteiger partial charge is 0.274 e. The van der Waals surface area contributed by atoms with Crippen molar-refractivity contribution in [1.29, 1.82) is 0 Å². The van der Waals surface area contributed by atoms with Crippen molar-refractivity contribution in [2.75, 3.05) is 7.05 Å². The number of carbonyl (C=O) groups excluding carboxylic acids is 1. The van der Waals surface area contributed by atoms with Crippen LogP contribution in [0.15, 0.2) is 59.4 Å². The molecule has 0 unspecified atom stereocenters. The number of carbonyl (C=O) groups is 1. The van der Waals surface area contributed by atoms with E-state index < -0.39 is 0 Å². The van der Waals surface area contributed by atoms with Crippen molar-refractivity contribution in [3.8, 4) is 11.4 Å². The normalized spacial score (nSPS) is 13.5. The van der Waals surface area contributed by atoms with Gasteiger partial charge in [0.1, 0.15) is 17.3 Å². The maximum absolute atomic E-state index is 13.5. The molecule has 7 nitrogen and oxygen atoms in total. The molecule has 0 atom stereocenters. The van der Waals surface area contributed by atoms with Crippen molar-refractivity contribution in [3.63, 3.8) is 0 Å². The predicted octanol–water partition coefficient (Wildman–Crippen LogP) is 3.79. The summed E-state index contributed by atoms with van der Waals surface area (Å²) in [7, 11) is 1.72. The third-order valence-electron chi connectivity index (χ3n) is 6.00. The van der Waals surface area contributed by atoms with Crippen LogP contribution in [0.1, 0.15) is 41.3 Å². The minimum Gasteiger partial charge on any atom is -0.333 e. The Morgan fingerprint density at radius 3 is 2.66 bits per heavy atom. The van der Waals surface area contributed by atoms with Gasteiger partial charge < -0.3 is 14.5 Å². The Hall–Kier alpha value is -3.74. The summed E-state index contributed by atoms with van der Waals surface area (Å²) in [6, 6.07) is 17.2. The fraction of sp³-hybridized carbons (Fsp3) is 0.280. The lowest BCUT2D eigenvalue weighted by molar-refractivity contribution is 0.0775. The Kier molecular flexibility index (Phi) is 5.31. The van der Waals surface area contributed by atoms with Gasteiger partial charge in [-0.1, -0.05) is 48.9 Å². The van der Waals surface area contributed by atoms with Crippen LogP contribution in [-0.2, 0) is 19.5 Å². The predicted molar refractivity (Wildman–Crippen MR) is 123 cm³/mol. The number of imidazole rings is 1. The average Bonchev–Trinajstić information content (AvgIpc) is 2.99. The zero-order valence-corrected chi connectivity index (χ0v) is 18.0. The van der Waals surface area contributed by atoms with Gasteiger partial charge in [-0.3, -0.25) is 9.59 Å². The van der Waals surface area contributed by atoms with E-state index in [1.807, 2.05) is 42.5 Å². The number of nitrogens with zero attached hydrogens (tertiary/aromatic N) is 4. The van der Waals surface area contributed by atoms with Gasteiger partial charge >= 0.3 is 0 Å². The van der Waals surface area contributed by atoms with E-state index >= 15 is 0 Å². The molecule has 0 bridgehead atoms. The molecule has 7 heteroatoms. The molecule has 0 radical (unpaired) electrons. The minimum atomic E-state index is -0.200. The first-order valence-corrected chi connectivity index (χ1v) is 11.0. The SMILES string of the molecule is CN(Cc1nc2ccccc2c(=O)[nH]1)C(=O)c1nc(-c2ccccc2)n2c1CCCCC2. The quantitative estimate of drug-likeness (QED) is 0.537. The van der Waals surface area contributed by atoms with Crippen molar-refractivity contribution in [1.82, 2.24) is 24.4 Å². The first-order valence-electron chi connectivity index (χ1n) is 11.0. The lowest BCUT2D eigenvalue weighted by Gasteiger charge is -2.16. The van der Waals surface area contributed by atoms with Crippen LogP contribution in [0.4, 0.5) is 0 Å². The maximum Gasteiger partial charge on any atom is 0.274 e. The molecule has 1 N–H and O–H groups in total. The van der Waals surface area contributed by atoms with Crippen LogP contribution in [0.5, 0.6) is 0 Å². The molecule has 0 spiro atoms. The monoisotopic (exact) mass is 427 g/mol. The Morgan fingerprint density at radius 2 is 1.81 bits per heavy atom. The van der Waals surface area contributed by atoms with Crippen molar-refractivity contribution in [3.05, 3.63) is 82.2 Å². The van der Waals surface area contributed by atoms with Crippen molar-refractivity contribution < 1.29 is 4.79 Å². The second kappa shape index (κ2) is 8.42. The summed E-state index contributed by atoms with van der Waals surface area (Å²) in [4.78, 5) is 39.6. The lowest BCUT2D eigenvalue weighted by atomic mass is 10.1. The van der Waals surface area contributed by atoms with E-state index in [1.165, 1.54) is 0 Å². The van der Waals surface area contributed by atoms with Crippen LogP contribution in [0.2, 0.25) is 0 Å². The van der Waals surface area contributed by atoms with Crippen molar-refractivity contribution in [2.24, 2.45) is 0 Å². The summed E-state index contributed by atoms with van der Waals surface area (Å²) in [6.07, 6.45) is 4.10. The van der Waals surface area contributed by atoms with E-state index in [9.17, 15) is 9.59 Å². The van der Waals surface area contributed by atoms with E-state index in [2.05, 4.69) is 14.5 Å². The topological polar surface area (TPSA) is 83.9 Å². The largest absolute Gasteiger partial charge is 0.333 e. The molecule has 0 fully saturated rings. The Labute approximate surface area is 185 Å². The van der Waals surface area contributed by atoms with E-state index in [1.54, 1.807) is 24.1 Å². The first-order chi connectivity index (χ1) is 15.6. The highest BCUT2D eigenvalue weighted by molar-refractivity contribution is 5.94. The Morgan fingerprint density at radius 1 is 1.03 bits per heavy atom. The Bertz CT molecular complexity index is 1340. The van der Waals surface area contributed by atoms with Crippen LogP contribution in [-0.4, -0.2) is 37.4 Å². The van der Waals surface area contributed by atoms with Gasteiger partial charge in [-0.2, -0.15) is 0 Å². The number of para-hydroxylation sites is 1. The third kappa shape index (κ3) is 3.70. The van der Waals surface area contributed by atoms with Gasteiger partial charge in [0.25, 0.3) is 11.5 Å². The van der Waals surface area contributed by atoms with Crippen molar-refractivity contribution in [2.45, 2.75) is 38.8 Å². The number of hydrogen-bond acceptors (Lipinski definition) is 4. The molecule has 32 heavy (non-hydrogen) atoms. The first kappa shape index (κ1) is 20.2. The van der Waals surface area contributed by atoms with Gasteiger partial charge in [0.15, 0.2) is 0 Å². The molecule has 0 aliphatic carbocycles. The molecular formula is C25H25N5O2. The highest BCUT2D eigenvalue weighted by Gasteiger charge is 2.26. The lowest BCUT2D eigenvalue weighted by Crippen LogP contribution is -2.29. The van der Waals surface area contributed by atoms with Crippen LogP contribution in [0, 0.1) is 0 Å². The molecule has 5 rings (SSSR count). The standard InChI is InChI=1S/C25H25N5O2/c1-29(16-21-26-19-13-8-7-12-18(19)24(31)27-21)25(32)22-20-14-6-3-9-15-30(20)23(28-22)17-10-4-2-5-11-17/h2,4-5,7-8,10-13H,3,6,9,14-16H2,1H3,(H,26,27,31). The highest BCUT2D eigenvalue weighted by Crippen LogP contribution is 2.28. The summed E-state index contributed by atoms with van der Waals surface area (Å²) in [6.45, 7) is 1.06. The summed E-state index contributed by atoms with van der Waals surface area (Å²) < 4.78 is 2.21. The number of aromatic nitrogens is 4. The molecular weight excluding hydrogens is 402 g/mol. The summed E-state index contributed by atoms with van der Waals surface area (Å²) in [5, 5.41) is 0.539. The summed E-state index contributed by atoms with van der Waals surface area (Å²) in [5.74, 6) is 1.14. The zero-order chi connectivity index (χ0) is 22.1. The van der Waals surface area contributed by atoms with Gasteiger partial charge in [-0.05, 0) is 31.4 Å². The van der Waals surface area contributed by atoms with E-state index in [4.69, 9.17) is 4.98 Å². The van der Waals surface area contributed by atoms with Gasteiger partial charge in [0.05, 0.1) is 23.1 Å². The molecule has 0 saturated heterocycles. The number of nitrogens with one attached hydrogen (secondary N) is 1. The molecule has 162 valence electrons. The van der Waals surface area contributed by atoms with Crippen LogP contribution in [0.25, 0.3) is 22.3 Å². The minimum absolute atomic E-state index is 0.159. The molecule has 1 aliphatic heterocycles. The zero-order valence-electron chi connectivity index (χ0n) is 18.0. The van der Waals surface area contributed by atoms with E-state index in [-0.39, 0.29) is 18.0 Å². The molecule has 0 saturated carbocycles. The number of aromatic amines is 1. The second-order valence-electron chi connectivity index (χ2n) is 8.25. The van der Waals surface area contributed by atoms with Gasteiger partial charge in [0.2, 0.25) is 0 Å². The fourth-order valence-corrected chi connectivity index (χ4v) is 4.39. The van der Waals surface area contributed by atoms with Gasteiger partial charge in [-0.15, -0.1) is 0 Å². The number of fused-ring (bicyclic) bond motifs is 2. The summed E-state index contributed by atoms with van der Waals surface area (Å²) >= 11 is 0. The second-order valence-corrected chi connectivity index (χ2v) is 8.25. The number of rotatable bonds is 4. The van der Waals surface area contributed by atoms with Crippen LogP contribution >= 0.6 is 0 Å².